The van der Waals surface area contributed by atoms with Gasteiger partial charge in [0.1, 0.15) is 6.04 Å². The van der Waals surface area contributed by atoms with Gasteiger partial charge >= 0.3 is 0 Å². The predicted octanol–water partition coefficient (Wildman–Crippen LogP) is 2.95. The zero-order valence-electron chi connectivity index (χ0n) is 16.3. The molecule has 0 saturated carbocycles. The van der Waals surface area contributed by atoms with Gasteiger partial charge in [0.2, 0.25) is 5.89 Å². The highest BCUT2D eigenvalue weighted by Crippen LogP contribution is 2.37. The van der Waals surface area contributed by atoms with Crippen molar-refractivity contribution in [2.75, 3.05) is 6.61 Å². The number of benzene rings is 2. The van der Waals surface area contributed by atoms with Crippen LogP contribution in [0.4, 0.5) is 0 Å². The molecule has 1 atom stereocenters. The summed E-state index contributed by atoms with van der Waals surface area (Å²) in [7, 11) is -2.61. The van der Waals surface area contributed by atoms with E-state index in [1.165, 1.54) is 10.4 Å². The first kappa shape index (κ1) is 19.5. The lowest BCUT2D eigenvalue weighted by atomic mass is 10.2. The third-order valence-electron chi connectivity index (χ3n) is 4.76. The van der Waals surface area contributed by atoms with Crippen LogP contribution in [0.5, 0.6) is 0 Å². The van der Waals surface area contributed by atoms with Crippen molar-refractivity contribution in [2.24, 2.45) is 5.73 Å². The standard InChI is InChI=1S/C21H27N3O2Si/c1-16-23-20(26-24-16)19(22)15-25-27(21(2,3)4,17-11-7-5-8-12-17)18-13-9-6-10-14-18/h5-14,19H,15,22H2,1-4H3/t19-/m0/s1. The first-order valence-corrected chi connectivity index (χ1v) is 11.1. The topological polar surface area (TPSA) is 74.2 Å². The SMILES string of the molecule is Cc1noc([C@@H](N)CO[Si](c2ccccc2)(c2ccccc2)C(C)(C)C)n1. The fourth-order valence-electron chi connectivity index (χ4n) is 3.51. The molecule has 6 heteroatoms. The maximum Gasteiger partial charge on any atom is 0.261 e. The van der Waals surface area contributed by atoms with Crippen LogP contribution in [0.25, 0.3) is 0 Å². The van der Waals surface area contributed by atoms with E-state index in [0.29, 0.717) is 18.3 Å². The summed E-state index contributed by atoms with van der Waals surface area (Å²) in [5, 5.41) is 6.18. The van der Waals surface area contributed by atoms with Gasteiger partial charge in [0.15, 0.2) is 5.82 Å². The van der Waals surface area contributed by atoms with Gasteiger partial charge in [-0.2, -0.15) is 4.98 Å². The molecule has 2 N–H and O–H groups in total. The van der Waals surface area contributed by atoms with E-state index in [1.54, 1.807) is 6.92 Å². The fraction of sp³-hybridized carbons (Fsp3) is 0.333. The average molecular weight is 382 g/mol. The quantitative estimate of drug-likeness (QED) is 0.665. The van der Waals surface area contributed by atoms with Crippen molar-refractivity contribution in [1.29, 1.82) is 0 Å². The Labute approximate surface area is 161 Å². The summed E-state index contributed by atoms with van der Waals surface area (Å²) in [6, 6.07) is 20.5. The van der Waals surface area contributed by atoms with Crippen molar-refractivity contribution in [1.82, 2.24) is 10.1 Å². The number of aryl methyl sites for hydroxylation is 1. The van der Waals surface area contributed by atoms with E-state index in [9.17, 15) is 0 Å². The summed E-state index contributed by atoms with van der Waals surface area (Å²) in [5.41, 5.74) is 6.32. The Kier molecular flexibility index (Phi) is 5.60. The molecule has 1 aromatic heterocycles. The highest BCUT2D eigenvalue weighted by Gasteiger charge is 2.50. The molecule has 3 rings (SSSR count). The smallest absolute Gasteiger partial charge is 0.261 e. The Morgan fingerprint density at radius 3 is 1.93 bits per heavy atom. The molecule has 3 aromatic rings. The minimum absolute atomic E-state index is 0.0970. The Morgan fingerprint density at radius 1 is 1.00 bits per heavy atom. The molecule has 0 bridgehead atoms. The molecule has 142 valence electrons. The van der Waals surface area contributed by atoms with Gasteiger partial charge in [-0.05, 0) is 22.3 Å². The van der Waals surface area contributed by atoms with Gasteiger partial charge in [-0.15, -0.1) is 0 Å². The number of rotatable bonds is 6. The molecular weight excluding hydrogens is 354 g/mol. The van der Waals surface area contributed by atoms with E-state index in [0.717, 1.165) is 0 Å². The summed E-state index contributed by atoms with van der Waals surface area (Å²) >= 11 is 0. The van der Waals surface area contributed by atoms with E-state index >= 15 is 0 Å². The normalized spacial score (nSPS) is 13.5. The number of nitrogens with zero attached hydrogens (tertiary/aromatic N) is 2. The molecule has 2 aromatic carbocycles. The van der Waals surface area contributed by atoms with Gasteiger partial charge in [0, 0.05) is 0 Å². The Balaban J connectivity index is 2.04. The minimum Gasteiger partial charge on any atom is -0.405 e. The van der Waals surface area contributed by atoms with E-state index in [-0.39, 0.29) is 5.04 Å². The van der Waals surface area contributed by atoms with Gasteiger partial charge in [-0.3, -0.25) is 0 Å². The molecule has 0 aliphatic heterocycles. The third-order valence-corrected chi connectivity index (χ3v) is 9.76. The Morgan fingerprint density at radius 2 is 1.52 bits per heavy atom. The van der Waals surface area contributed by atoms with Crippen LogP contribution in [0.2, 0.25) is 5.04 Å². The number of hydrogen-bond donors (Lipinski definition) is 1. The second-order valence-corrected chi connectivity index (χ2v) is 12.1. The van der Waals surface area contributed by atoms with Crippen LogP contribution in [-0.2, 0) is 4.43 Å². The molecule has 0 saturated heterocycles. The lowest BCUT2D eigenvalue weighted by Crippen LogP contribution is -2.67. The molecule has 0 aliphatic rings. The zero-order valence-corrected chi connectivity index (χ0v) is 17.3. The van der Waals surface area contributed by atoms with E-state index in [1.807, 2.05) is 12.1 Å². The molecule has 1 heterocycles. The first-order chi connectivity index (χ1) is 12.8. The molecule has 27 heavy (non-hydrogen) atoms. The van der Waals surface area contributed by atoms with Gasteiger partial charge < -0.3 is 14.7 Å². The van der Waals surface area contributed by atoms with Gasteiger partial charge in [0.05, 0.1) is 6.61 Å². The summed E-state index contributed by atoms with van der Waals surface area (Å²) in [6.07, 6.45) is 0. The van der Waals surface area contributed by atoms with Crippen LogP contribution in [0, 0.1) is 6.92 Å². The summed E-state index contributed by atoms with van der Waals surface area (Å²) in [4.78, 5) is 4.25. The van der Waals surface area contributed by atoms with Crippen LogP contribution in [0.15, 0.2) is 65.2 Å². The summed E-state index contributed by atoms with van der Waals surface area (Å²) < 4.78 is 12.0. The van der Waals surface area contributed by atoms with E-state index in [4.69, 9.17) is 14.7 Å². The highest BCUT2D eigenvalue weighted by molar-refractivity contribution is 6.99. The fourth-order valence-corrected chi connectivity index (χ4v) is 8.10. The lowest BCUT2D eigenvalue weighted by Gasteiger charge is -2.43. The van der Waals surface area contributed by atoms with Gasteiger partial charge in [0.25, 0.3) is 8.32 Å². The van der Waals surface area contributed by atoms with Crippen LogP contribution < -0.4 is 16.1 Å². The number of aromatic nitrogens is 2. The molecular formula is C21H27N3O2Si. The van der Waals surface area contributed by atoms with Crippen LogP contribution >= 0.6 is 0 Å². The van der Waals surface area contributed by atoms with Crippen molar-refractivity contribution in [2.45, 2.75) is 38.8 Å². The maximum absolute atomic E-state index is 6.78. The van der Waals surface area contributed by atoms with Gasteiger partial charge in [-0.1, -0.05) is 86.6 Å². The molecule has 0 radical (unpaired) electrons. The molecule has 0 aliphatic carbocycles. The van der Waals surface area contributed by atoms with E-state index in [2.05, 4.69) is 79.4 Å². The zero-order chi connectivity index (χ0) is 19.5. The van der Waals surface area contributed by atoms with E-state index < -0.39 is 14.4 Å². The Bertz CT molecular complexity index is 820. The van der Waals surface area contributed by atoms with Gasteiger partial charge in [-0.25, -0.2) is 0 Å². The molecule has 0 spiro atoms. The first-order valence-electron chi connectivity index (χ1n) is 9.15. The summed E-state index contributed by atoms with van der Waals surface area (Å²) in [6.45, 7) is 8.81. The van der Waals surface area contributed by atoms with Crippen molar-refractivity contribution < 1.29 is 8.95 Å². The third kappa shape index (κ3) is 3.88. The highest BCUT2D eigenvalue weighted by atomic mass is 28.4. The number of nitrogens with two attached hydrogens (primary N) is 1. The predicted molar refractivity (Wildman–Crippen MR) is 110 cm³/mol. The average Bonchev–Trinajstić information content (AvgIpc) is 3.09. The maximum atomic E-state index is 6.78. The summed E-state index contributed by atoms with van der Waals surface area (Å²) in [5.74, 6) is 0.983. The van der Waals surface area contributed by atoms with Crippen LogP contribution in [0.1, 0.15) is 38.5 Å². The molecule has 0 unspecified atom stereocenters. The van der Waals surface area contributed by atoms with Crippen molar-refractivity contribution in [3.8, 4) is 0 Å². The number of hydrogen-bond acceptors (Lipinski definition) is 5. The largest absolute Gasteiger partial charge is 0.405 e. The van der Waals surface area contributed by atoms with Crippen molar-refractivity contribution in [3.05, 3.63) is 72.4 Å². The second-order valence-electron chi connectivity index (χ2n) is 7.76. The lowest BCUT2D eigenvalue weighted by molar-refractivity contribution is 0.243. The second kappa shape index (κ2) is 7.76. The molecule has 0 amide bonds. The minimum atomic E-state index is -2.61. The van der Waals surface area contributed by atoms with Crippen molar-refractivity contribution >= 4 is 18.7 Å². The Hall–Kier alpha value is -2.28. The molecule has 0 fully saturated rings. The van der Waals surface area contributed by atoms with Crippen molar-refractivity contribution in [3.63, 3.8) is 0 Å². The monoisotopic (exact) mass is 381 g/mol. The van der Waals surface area contributed by atoms with Crippen LogP contribution in [0.3, 0.4) is 0 Å². The van der Waals surface area contributed by atoms with Crippen LogP contribution in [-0.4, -0.2) is 25.1 Å². The molecule has 5 nitrogen and oxygen atoms in total.